The third-order valence-corrected chi connectivity index (χ3v) is 17.0. The topological polar surface area (TPSA) is 35.9 Å². The fraction of sp³-hybridized carbons (Fsp3) is 0.333. The molecule has 10 rings (SSSR count). The lowest BCUT2D eigenvalue weighted by atomic mass is 9.73. The van der Waals surface area contributed by atoms with Crippen molar-refractivity contribution in [2.24, 2.45) is 0 Å². The molecule has 0 fully saturated rings. The normalized spacial score (nSPS) is 13.1. The molecule has 3 aromatic heterocycles. The number of para-hydroxylation sites is 1. The van der Waals surface area contributed by atoms with Crippen LogP contribution in [-0.2, 0) is 37.9 Å². The van der Waals surface area contributed by atoms with E-state index in [0.717, 1.165) is 51.0 Å². The van der Waals surface area contributed by atoms with Gasteiger partial charge in [0.1, 0.15) is 17.3 Å². The van der Waals surface area contributed by atoms with Crippen molar-refractivity contribution in [3.05, 3.63) is 244 Å². The molecule has 0 saturated carbocycles. The number of hydrogen-bond acceptors (Lipinski definition) is 2. The van der Waals surface area contributed by atoms with Crippen LogP contribution in [0.15, 0.2) is 182 Å². The summed E-state index contributed by atoms with van der Waals surface area (Å²) in [6.45, 7) is 41.8. The van der Waals surface area contributed by atoms with Crippen LogP contribution in [0.2, 0.25) is 0 Å². The highest BCUT2D eigenvalue weighted by molar-refractivity contribution is 6.11. The minimum absolute atomic E-state index is 0.0720. The molecule has 0 N–H and O–H groups in total. The van der Waals surface area contributed by atoms with Gasteiger partial charge in [-0.1, -0.05) is 240 Å². The van der Waals surface area contributed by atoms with Crippen LogP contribution in [0.25, 0.3) is 39.0 Å². The van der Waals surface area contributed by atoms with Crippen LogP contribution in [0.3, 0.4) is 0 Å². The zero-order valence-corrected chi connectivity index (χ0v) is 51.0. The van der Waals surface area contributed by atoms with Gasteiger partial charge >= 0.3 is 0 Å². The standard InChI is InChI=1S/C75H84N4O/c1-69(2,3)53-38-39-76-65(45-53)79-63-37-29-28-36-61(63)66-62(73(13,14)50-30-22-19-23-31-50)47-60(48-64(66)79)80-59-44-56(72(10,11)12)43-58(46-59)78-49-77(57-41-54(70(4,5)6)40-55(42-57)71(7,8)9)67(74(15,16)51-32-24-20-25-33-51)68(78)75(17,18)52-34-26-21-27-35-52/h19-48H,1-18H3. The summed E-state index contributed by atoms with van der Waals surface area (Å²) in [6.07, 6.45) is 6.11. The quantitative estimate of drug-likeness (QED) is 0.0956. The number of aromatic nitrogens is 4. The molecule has 0 bridgehead atoms. The average Bonchev–Trinajstić information content (AvgIpc) is 4.21. The van der Waals surface area contributed by atoms with E-state index in [4.69, 9.17) is 9.72 Å². The molecule has 80 heavy (non-hydrogen) atoms. The van der Waals surface area contributed by atoms with E-state index in [0.29, 0.717) is 0 Å². The number of ether oxygens (including phenoxy) is 1. The molecular formula is C75H84N4O. The van der Waals surface area contributed by atoms with Gasteiger partial charge in [0.2, 0.25) is 0 Å². The first-order chi connectivity index (χ1) is 37.5. The van der Waals surface area contributed by atoms with Crippen molar-refractivity contribution < 1.29 is 9.30 Å². The van der Waals surface area contributed by atoms with Crippen molar-refractivity contribution in [3.8, 4) is 28.7 Å². The molecule has 0 spiro atoms. The van der Waals surface area contributed by atoms with Gasteiger partial charge in [-0.3, -0.25) is 13.7 Å². The summed E-state index contributed by atoms with van der Waals surface area (Å²) < 4.78 is 14.6. The summed E-state index contributed by atoms with van der Waals surface area (Å²) in [5.74, 6) is 2.38. The van der Waals surface area contributed by atoms with Crippen molar-refractivity contribution in [1.29, 1.82) is 0 Å². The van der Waals surface area contributed by atoms with Gasteiger partial charge in [0.25, 0.3) is 6.33 Å². The number of nitrogens with zero attached hydrogens (tertiary/aromatic N) is 4. The van der Waals surface area contributed by atoms with Gasteiger partial charge in [0.15, 0.2) is 0 Å². The Bertz CT molecular complexity index is 3860. The molecule has 0 amide bonds. The van der Waals surface area contributed by atoms with E-state index in [2.05, 4.69) is 321 Å². The fourth-order valence-corrected chi connectivity index (χ4v) is 11.8. The van der Waals surface area contributed by atoms with Crippen LogP contribution in [0.1, 0.15) is 181 Å². The Labute approximate surface area is 478 Å². The summed E-state index contributed by atoms with van der Waals surface area (Å²) in [7, 11) is 0. The second-order valence-corrected chi connectivity index (χ2v) is 28.1. The number of pyridine rings is 1. The van der Waals surface area contributed by atoms with Gasteiger partial charge in [-0.25, -0.2) is 4.98 Å². The van der Waals surface area contributed by atoms with Crippen molar-refractivity contribution in [1.82, 2.24) is 14.1 Å². The van der Waals surface area contributed by atoms with Gasteiger partial charge in [-0.05, 0) is 121 Å². The number of benzene rings is 7. The molecular weight excluding hydrogens is 973 g/mol. The second-order valence-electron chi connectivity index (χ2n) is 28.1. The Balaban J connectivity index is 1.29. The lowest BCUT2D eigenvalue weighted by Gasteiger charge is -2.35. The average molecular weight is 1060 g/mol. The minimum atomic E-state index is -0.521. The minimum Gasteiger partial charge on any atom is -0.458 e. The molecule has 7 aromatic carbocycles. The van der Waals surface area contributed by atoms with E-state index in [1.165, 1.54) is 55.4 Å². The van der Waals surface area contributed by atoms with Crippen LogP contribution in [0.4, 0.5) is 0 Å². The molecule has 10 aromatic rings. The lowest BCUT2D eigenvalue weighted by molar-refractivity contribution is -0.611. The van der Waals surface area contributed by atoms with E-state index in [9.17, 15) is 0 Å². The number of fused-ring (bicyclic) bond motifs is 3. The summed E-state index contributed by atoms with van der Waals surface area (Å²) in [5.41, 5.74) is 14.4. The second kappa shape index (κ2) is 19.9. The highest BCUT2D eigenvalue weighted by Gasteiger charge is 2.41. The maximum atomic E-state index is 7.53. The zero-order chi connectivity index (χ0) is 57.5. The van der Waals surface area contributed by atoms with Gasteiger partial charge in [-0.15, -0.1) is 0 Å². The molecule has 5 heteroatoms. The molecule has 0 saturated heterocycles. The molecule has 410 valence electrons. The van der Waals surface area contributed by atoms with Gasteiger partial charge in [-0.2, -0.15) is 0 Å². The molecule has 0 unspecified atom stereocenters. The summed E-state index contributed by atoms with van der Waals surface area (Å²) in [6, 6.07) is 64.7. The van der Waals surface area contributed by atoms with Crippen LogP contribution >= 0.6 is 0 Å². The van der Waals surface area contributed by atoms with Crippen LogP contribution < -0.4 is 9.30 Å². The highest BCUT2D eigenvalue weighted by atomic mass is 16.5. The Morgan fingerprint density at radius 3 is 1.45 bits per heavy atom. The highest BCUT2D eigenvalue weighted by Crippen LogP contribution is 2.47. The van der Waals surface area contributed by atoms with Crippen molar-refractivity contribution in [2.45, 2.75) is 163 Å². The number of rotatable bonds is 11. The third-order valence-electron chi connectivity index (χ3n) is 17.0. The first-order valence-electron chi connectivity index (χ1n) is 28.8. The van der Waals surface area contributed by atoms with E-state index in [1.54, 1.807) is 0 Å². The van der Waals surface area contributed by atoms with Crippen LogP contribution in [0.5, 0.6) is 11.5 Å². The SMILES string of the molecule is CC(C)(C)c1cc(Oc2cc(C(C)(C)c3ccccc3)c3c4ccccc4n(-c4cc(C(C)(C)C)ccn4)c3c2)cc(-n2[c-][n+](-c3cc(C(C)(C)C)cc(C(C)(C)C)c3)c(C(C)(C)c3ccccc3)c2C(C)(C)c2ccccc2)c1. The molecule has 0 radical (unpaired) electrons. The molecule has 0 aliphatic rings. The Morgan fingerprint density at radius 1 is 0.412 bits per heavy atom. The van der Waals surface area contributed by atoms with Gasteiger partial charge < -0.3 is 4.74 Å². The maximum Gasteiger partial charge on any atom is 0.269 e. The molecule has 3 heterocycles. The Hall–Kier alpha value is -7.50. The van der Waals surface area contributed by atoms with Gasteiger partial charge in [0.05, 0.1) is 33.8 Å². The Kier molecular flexibility index (Phi) is 13.9. The zero-order valence-electron chi connectivity index (χ0n) is 51.0. The van der Waals surface area contributed by atoms with E-state index in [1.807, 2.05) is 6.20 Å². The lowest BCUT2D eigenvalue weighted by Crippen LogP contribution is -2.43. The smallest absolute Gasteiger partial charge is 0.269 e. The predicted molar refractivity (Wildman–Crippen MR) is 335 cm³/mol. The monoisotopic (exact) mass is 1060 g/mol. The molecule has 5 nitrogen and oxygen atoms in total. The third kappa shape index (κ3) is 10.3. The largest absolute Gasteiger partial charge is 0.458 e. The maximum absolute atomic E-state index is 7.53. The first-order valence-corrected chi connectivity index (χ1v) is 28.8. The molecule has 0 aliphatic carbocycles. The van der Waals surface area contributed by atoms with Gasteiger partial charge in [0, 0.05) is 39.3 Å². The van der Waals surface area contributed by atoms with Crippen molar-refractivity contribution >= 4 is 21.8 Å². The van der Waals surface area contributed by atoms with Crippen molar-refractivity contribution in [2.75, 3.05) is 0 Å². The first kappa shape index (κ1) is 55.8. The number of hydrogen-bond donors (Lipinski definition) is 0. The summed E-state index contributed by atoms with van der Waals surface area (Å²) >= 11 is 0. The summed E-state index contributed by atoms with van der Waals surface area (Å²) in [5, 5.41) is 2.36. The van der Waals surface area contributed by atoms with Crippen LogP contribution in [0, 0.1) is 6.33 Å². The Morgan fingerprint density at radius 2 is 0.900 bits per heavy atom. The van der Waals surface area contributed by atoms with Crippen LogP contribution in [-0.4, -0.2) is 14.1 Å². The number of imidazole rings is 1. The van der Waals surface area contributed by atoms with E-state index < -0.39 is 16.2 Å². The van der Waals surface area contributed by atoms with Crippen molar-refractivity contribution in [3.63, 3.8) is 0 Å². The molecule has 0 aliphatic heterocycles. The predicted octanol–water partition coefficient (Wildman–Crippen LogP) is 19.0. The fourth-order valence-electron chi connectivity index (χ4n) is 11.8. The van der Waals surface area contributed by atoms with E-state index >= 15 is 0 Å². The van der Waals surface area contributed by atoms with E-state index in [-0.39, 0.29) is 21.7 Å². The molecule has 0 atom stereocenters. The summed E-state index contributed by atoms with van der Waals surface area (Å²) in [4.78, 5) is 5.11.